The molecule has 0 aromatic heterocycles. The summed E-state index contributed by atoms with van der Waals surface area (Å²) in [6, 6.07) is 0. The van der Waals surface area contributed by atoms with Gasteiger partial charge in [0.05, 0.1) is 0 Å². The highest BCUT2D eigenvalue weighted by Crippen LogP contribution is 2.20. The van der Waals surface area contributed by atoms with E-state index in [0.29, 0.717) is 5.92 Å². The molecular weight excluding hydrogens is 126 g/mol. The summed E-state index contributed by atoms with van der Waals surface area (Å²) >= 11 is 0. The second-order valence-electron chi connectivity index (χ2n) is 2.87. The fourth-order valence-corrected chi connectivity index (χ4v) is 1.30. The van der Waals surface area contributed by atoms with Crippen molar-refractivity contribution in [3.05, 3.63) is 11.8 Å². The van der Waals surface area contributed by atoms with E-state index in [1.807, 2.05) is 0 Å². The molecule has 58 valence electrons. The molecule has 10 heavy (non-hydrogen) atoms. The summed E-state index contributed by atoms with van der Waals surface area (Å²) in [6.45, 7) is 0.879. The van der Waals surface area contributed by atoms with Crippen molar-refractivity contribution in [3.63, 3.8) is 0 Å². The molecular formula is C8H15NO. The largest absolute Gasteiger partial charge is 0.402 e. The minimum Gasteiger partial charge on any atom is -0.402 e. The van der Waals surface area contributed by atoms with Gasteiger partial charge in [-0.25, -0.2) is 0 Å². The van der Waals surface area contributed by atoms with Crippen LogP contribution in [0.15, 0.2) is 11.8 Å². The van der Waals surface area contributed by atoms with E-state index in [9.17, 15) is 0 Å². The van der Waals surface area contributed by atoms with Gasteiger partial charge in [-0.05, 0) is 25.2 Å². The van der Waals surface area contributed by atoms with Crippen molar-refractivity contribution in [2.45, 2.75) is 19.3 Å². The van der Waals surface area contributed by atoms with Gasteiger partial charge >= 0.3 is 0 Å². The van der Waals surface area contributed by atoms with Gasteiger partial charge in [0.15, 0.2) is 0 Å². The Morgan fingerprint density at radius 3 is 3.10 bits per heavy atom. The summed E-state index contributed by atoms with van der Waals surface area (Å²) in [5.74, 6) is 0.706. The SMILES string of the molecule is COCC1CC=C(N)CC1. The van der Waals surface area contributed by atoms with Gasteiger partial charge in [0.25, 0.3) is 0 Å². The van der Waals surface area contributed by atoms with E-state index in [4.69, 9.17) is 10.5 Å². The number of hydrogen-bond donors (Lipinski definition) is 1. The molecule has 1 aliphatic carbocycles. The van der Waals surface area contributed by atoms with Gasteiger partial charge in [-0.15, -0.1) is 0 Å². The molecule has 0 aliphatic heterocycles. The number of ether oxygens (including phenoxy) is 1. The van der Waals surface area contributed by atoms with E-state index in [-0.39, 0.29) is 0 Å². The lowest BCUT2D eigenvalue weighted by atomic mass is 9.93. The second-order valence-corrected chi connectivity index (χ2v) is 2.87. The van der Waals surface area contributed by atoms with Crippen LogP contribution in [0.1, 0.15) is 19.3 Å². The third-order valence-corrected chi connectivity index (χ3v) is 1.96. The predicted molar refractivity (Wildman–Crippen MR) is 41.5 cm³/mol. The zero-order valence-electron chi connectivity index (χ0n) is 6.47. The molecule has 0 saturated heterocycles. The van der Waals surface area contributed by atoms with Crippen LogP contribution >= 0.6 is 0 Å². The molecule has 0 saturated carbocycles. The molecule has 1 aliphatic rings. The fourth-order valence-electron chi connectivity index (χ4n) is 1.30. The van der Waals surface area contributed by atoms with E-state index in [2.05, 4.69) is 6.08 Å². The molecule has 0 heterocycles. The van der Waals surface area contributed by atoms with Crippen molar-refractivity contribution in [3.8, 4) is 0 Å². The Kier molecular flexibility index (Phi) is 2.75. The topological polar surface area (TPSA) is 35.2 Å². The van der Waals surface area contributed by atoms with E-state index in [1.165, 1.54) is 6.42 Å². The number of rotatable bonds is 2. The van der Waals surface area contributed by atoms with Crippen LogP contribution in [0.2, 0.25) is 0 Å². The Morgan fingerprint density at radius 2 is 2.60 bits per heavy atom. The lowest BCUT2D eigenvalue weighted by Gasteiger charge is -2.18. The van der Waals surface area contributed by atoms with Gasteiger partial charge in [-0.3, -0.25) is 0 Å². The molecule has 1 rings (SSSR count). The zero-order valence-corrected chi connectivity index (χ0v) is 6.47. The molecule has 0 spiro atoms. The van der Waals surface area contributed by atoms with Gasteiger partial charge in [-0.2, -0.15) is 0 Å². The molecule has 1 unspecified atom stereocenters. The van der Waals surface area contributed by atoms with Crippen LogP contribution in [0, 0.1) is 5.92 Å². The van der Waals surface area contributed by atoms with Gasteiger partial charge in [0.1, 0.15) is 0 Å². The summed E-state index contributed by atoms with van der Waals surface area (Å²) in [5, 5.41) is 0. The molecule has 0 fully saturated rings. The van der Waals surface area contributed by atoms with Crippen LogP contribution in [-0.2, 0) is 4.74 Å². The first-order chi connectivity index (χ1) is 4.83. The molecule has 2 N–H and O–H groups in total. The van der Waals surface area contributed by atoms with Gasteiger partial charge in [-0.1, -0.05) is 6.08 Å². The van der Waals surface area contributed by atoms with E-state index >= 15 is 0 Å². The summed E-state index contributed by atoms with van der Waals surface area (Å²) in [7, 11) is 1.75. The molecule has 2 nitrogen and oxygen atoms in total. The Labute approximate surface area is 62.1 Å². The van der Waals surface area contributed by atoms with Crippen LogP contribution in [0.25, 0.3) is 0 Å². The highest BCUT2D eigenvalue weighted by atomic mass is 16.5. The molecule has 2 heteroatoms. The summed E-state index contributed by atoms with van der Waals surface area (Å²) < 4.78 is 5.05. The third kappa shape index (κ3) is 2.03. The fraction of sp³-hybridized carbons (Fsp3) is 0.750. The lowest BCUT2D eigenvalue weighted by molar-refractivity contribution is 0.146. The van der Waals surface area contributed by atoms with Gasteiger partial charge < -0.3 is 10.5 Å². The monoisotopic (exact) mass is 141 g/mol. The first-order valence-electron chi connectivity index (χ1n) is 3.76. The maximum absolute atomic E-state index is 5.61. The Hall–Kier alpha value is -0.500. The molecule has 1 atom stereocenters. The highest BCUT2D eigenvalue weighted by molar-refractivity contribution is 5.01. The number of hydrogen-bond acceptors (Lipinski definition) is 2. The normalized spacial score (nSPS) is 26.1. The Morgan fingerprint density at radius 1 is 1.80 bits per heavy atom. The Balaban J connectivity index is 2.27. The van der Waals surface area contributed by atoms with Crippen LogP contribution in [0.5, 0.6) is 0 Å². The maximum Gasteiger partial charge on any atom is 0.0493 e. The quantitative estimate of drug-likeness (QED) is 0.628. The zero-order chi connectivity index (χ0) is 7.40. The summed E-state index contributed by atoms with van der Waals surface area (Å²) in [5.41, 5.74) is 6.66. The van der Waals surface area contributed by atoms with Crippen LogP contribution < -0.4 is 5.73 Å². The van der Waals surface area contributed by atoms with Crippen molar-refractivity contribution in [2.24, 2.45) is 11.7 Å². The first kappa shape index (κ1) is 7.61. The highest BCUT2D eigenvalue weighted by Gasteiger charge is 2.11. The smallest absolute Gasteiger partial charge is 0.0493 e. The molecule has 0 bridgehead atoms. The molecule has 0 amide bonds. The van der Waals surface area contributed by atoms with Crippen molar-refractivity contribution >= 4 is 0 Å². The molecule has 0 aromatic rings. The van der Waals surface area contributed by atoms with Crippen LogP contribution in [0.3, 0.4) is 0 Å². The standard InChI is InChI=1S/C8H15NO/c1-10-6-7-2-4-8(9)5-3-7/h4,7H,2-3,5-6,9H2,1H3. The number of methoxy groups -OCH3 is 1. The average molecular weight is 141 g/mol. The van der Waals surface area contributed by atoms with Crippen LogP contribution in [0.4, 0.5) is 0 Å². The van der Waals surface area contributed by atoms with Gasteiger partial charge in [0.2, 0.25) is 0 Å². The average Bonchev–Trinajstić information content (AvgIpc) is 1.95. The van der Waals surface area contributed by atoms with Crippen molar-refractivity contribution in [1.82, 2.24) is 0 Å². The van der Waals surface area contributed by atoms with Crippen molar-refractivity contribution in [1.29, 1.82) is 0 Å². The van der Waals surface area contributed by atoms with Gasteiger partial charge in [0, 0.05) is 19.4 Å². The summed E-state index contributed by atoms with van der Waals surface area (Å²) in [6.07, 6.45) is 5.46. The minimum atomic E-state index is 0.706. The van der Waals surface area contributed by atoms with E-state index in [0.717, 1.165) is 25.1 Å². The Bertz CT molecular complexity index is 131. The second kappa shape index (κ2) is 3.62. The van der Waals surface area contributed by atoms with E-state index in [1.54, 1.807) is 7.11 Å². The third-order valence-electron chi connectivity index (χ3n) is 1.96. The number of nitrogens with two attached hydrogens (primary N) is 1. The van der Waals surface area contributed by atoms with Crippen LogP contribution in [-0.4, -0.2) is 13.7 Å². The number of allylic oxidation sites excluding steroid dienone is 2. The molecule has 0 aromatic carbocycles. The maximum atomic E-state index is 5.61. The lowest BCUT2D eigenvalue weighted by Crippen LogP contribution is -2.14. The summed E-state index contributed by atoms with van der Waals surface area (Å²) in [4.78, 5) is 0. The minimum absolute atomic E-state index is 0.706. The first-order valence-corrected chi connectivity index (χ1v) is 3.76. The predicted octanol–water partition coefficient (Wildman–Crippen LogP) is 1.28. The molecule has 0 radical (unpaired) electrons. The van der Waals surface area contributed by atoms with E-state index < -0.39 is 0 Å². The van der Waals surface area contributed by atoms with Crippen molar-refractivity contribution < 1.29 is 4.74 Å². The van der Waals surface area contributed by atoms with Crippen molar-refractivity contribution in [2.75, 3.05) is 13.7 Å².